The summed E-state index contributed by atoms with van der Waals surface area (Å²) in [6.07, 6.45) is 2.99. The molecular formula is C47H31Cl3N4O5. The van der Waals surface area contributed by atoms with Gasteiger partial charge < -0.3 is 0 Å². The smallest absolute Gasteiger partial charge is 0.299 e. The van der Waals surface area contributed by atoms with Gasteiger partial charge in [0.1, 0.15) is 5.92 Å². The predicted molar refractivity (Wildman–Crippen MR) is 232 cm³/mol. The number of rotatable bonds is 2. The average molecular weight is 838 g/mol. The van der Waals surface area contributed by atoms with Crippen LogP contribution in [-0.2, 0) is 16.6 Å². The van der Waals surface area contributed by atoms with E-state index in [9.17, 15) is 24.0 Å². The maximum absolute atomic E-state index is 13.1. The lowest BCUT2D eigenvalue weighted by atomic mass is 9.87. The summed E-state index contributed by atoms with van der Waals surface area (Å²) >= 11 is 19.0. The van der Waals surface area contributed by atoms with Crippen molar-refractivity contribution in [3.8, 4) is 29.4 Å². The highest BCUT2D eigenvalue weighted by molar-refractivity contribution is 6.36. The van der Waals surface area contributed by atoms with Gasteiger partial charge in [0.2, 0.25) is 0 Å². The van der Waals surface area contributed by atoms with Crippen LogP contribution >= 0.6 is 34.8 Å². The van der Waals surface area contributed by atoms with Gasteiger partial charge in [-0.05, 0) is 91.4 Å². The fourth-order valence-corrected chi connectivity index (χ4v) is 7.54. The second kappa shape index (κ2) is 16.9. The van der Waals surface area contributed by atoms with E-state index >= 15 is 0 Å². The number of halogens is 3. The van der Waals surface area contributed by atoms with Crippen LogP contribution in [0.4, 0.5) is 10.5 Å². The number of hydrogen-bond acceptors (Lipinski definition) is 5. The molecule has 0 bridgehead atoms. The van der Waals surface area contributed by atoms with Gasteiger partial charge in [0.15, 0.2) is 5.78 Å². The molecule has 1 aliphatic heterocycles. The van der Waals surface area contributed by atoms with Crippen molar-refractivity contribution in [1.29, 1.82) is 0 Å². The Bertz CT molecular complexity index is 3040. The summed E-state index contributed by atoms with van der Waals surface area (Å²) in [7, 11) is 3.12. The Morgan fingerprint density at radius 1 is 0.576 bits per heavy atom. The molecule has 12 heteroatoms. The normalized spacial score (nSPS) is 14.5. The Morgan fingerprint density at radius 3 is 1.68 bits per heavy atom. The molecule has 9 nitrogen and oxygen atoms in total. The minimum Gasteiger partial charge on any atom is -0.299 e. The topological polar surface area (TPSA) is 102 Å². The summed E-state index contributed by atoms with van der Waals surface area (Å²) in [4.78, 5) is 66.7. The molecule has 2 heterocycles. The van der Waals surface area contributed by atoms with E-state index in [0.717, 1.165) is 20.6 Å². The molecule has 3 amide bonds. The molecule has 5 aromatic carbocycles. The van der Waals surface area contributed by atoms with Gasteiger partial charge >= 0.3 is 11.7 Å². The zero-order valence-corrected chi connectivity index (χ0v) is 33.9. The zero-order valence-electron chi connectivity index (χ0n) is 31.7. The van der Waals surface area contributed by atoms with E-state index in [4.69, 9.17) is 34.8 Å². The van der Waals surface area contributed by atoms with Crippen molar-refractivity contribution in [2.24, 2.45) is 13.0 Å². The summed E-state index contributed by atoms with van der Waals surface area (Å²) in [5.74, 6) is 10.1. The highest BCUT2D eigenvalue weighted by Crippen LogP contribution is 2.37. The Kier molecular flexibility index (Phi) is 11.6. The van der Waals surface area contributed by atoms with Gasteiger partial charge in [-0.3, -0.25) is 23.9 Å². The number of benzene rings is 5. The van der Waals surface area contributed by atoms with Gasteiger partial charge in [-0.15, -0.1) is 0 Å². The first-order valence-electron chi connectivity index (χ1n) is 18.0. The van der Waals surface area contributed by atoms with E-state index in [1.165, 1.54) is 15.5 Å². The minimum absolute atomic E-state index is 0.202. The molecule has 0 saturated carbocycles. The summed E-state index contributed by atoms with van der Waals surface area (Å²) in [5, 5.41) is 1.13. The molecule has 290 valence electrons. The largest absolute Gasteiger partial charge is 0.335 e. The lowest BCUT2D eigenvalue weighted by molar-refractivity contribution is -0.129. The van der Waals surface area contributed by atoms with Crippen LogP contribution in [0, 0.1) is 29.6 Å². The number of nitrogens with zero attached hydrogens (tertiary/aromatic N) is 4. The summed E-state index contributed by atoms with van der Waals surface area (Å²) in [6, 6.07) is 33.3. The van der Waals surface area contributed by atoms with E-state index in [1.807, 2.05) is 60.7 Å². The molecule has 8 rings (SSSR count). The minimum atomic E-state index is -1.05. The SMILES string of the molecule is CC1=C2C(C(=O)C=C1)C(=O)N(c1ccc(C#Cc3ccccc3)cc1Cl)C(=O)N2C.Cn1c(=O)n(-c2ccc(C#Cc3ccccc3)cc2Cl)c(=O)c2cccc(Cl)c21. The van der Waals surface area contributed by atoms with Gasteiger partial charge in [0.05, 0.1) is 37.3 Å². The Hall–Kier alpha value is -6.88. The van der Waals surface area contributed by atoms with Crippen LogP contribution in [0.15, 0.2) is 148 Å². The fraction of sp³-hybridized carbons (Fsp3) is 0.0851. The Balaban J connectivity index is 0.000000179. The number of ketones is 1. The Labute approximate surface area is 354 Å². The first-order chi connectivity index (χ1) is 28.3. The maximum Gasteiger partial charge on any atom is 0.335 e. The first-order valence-corrected chi connectivity index (χ1v) is 19.2. The number of urea groups is 1. The number of imide groups is 1. The summed E-state index contributed by atoms with van der Waals surface area (Å²) < 4.78 is 2.40. The van der Waals surface area contributed by atoms with Crippen molar-refractivity contribution in [2.45, 2.75) is 6.92 Å². The molecule has 1 saturated heterocycles. The van der Waals surface area contributed by atoms with Gasteiger partial charge in [0.25, 0.3) is 11.5 Å². The molecule has 6 aromatic rings. The van der Waals surface area contributed by atoms with Crippen LogP contribution in [0.5, 0.6) is 0 Å². The highest BCUT2D eigenvalue weighted by atomic mass is 35.5. The molecule has 59 heavy (non-hydrogen) atoms. The molecule has 0 spiro atoms. The first kappa shape index (κ1) is 40.3. The number of aryl methyl sites for hydroxylation is 1. The lowest BCUT2D eigenvalue weighted by Crippen LogP contribution is -2.57. The van der Waals surface area contributed by atoms with Crippen LogP contribution in [0.2, 0.25) is 15.1 Å². The predicted octanol–water partition coefficient (Wildman–Crippen LogP) is 8.56. The third-order valence-corrected chi connectivity index (χ3v) is 10.5. The molecule has 2 aliphatic rings. The van der Waals surface area contributed by atoms with E-state index < -0.39 is 29.1 Å². The van der Waals surface area contributed by atoms with Gasteiger partial charge in [0, 0.05) is 42.0 Å². The van der Waals surface area contributed by atoms with Crippen LogP contribution in [-0.4, -0.2) is 38.8 Å². The lowest BCUT2D eigenvalue weighted by Gasteiger charge is -2.39. The van der Waals surface area contributed by atoms with Crippen molar-refractivity contribution in [2.75, 3.05) is 11.9 Å². The number of amides is 3. The van der Waals surface area contributed by atoms with E-state index in [-0.39, 0.29) is 21.5 Å². The van der Waals surface area contributed by atoms with Crippen molar-refractivity contribution < 1.29 is 14.4 Å². The third kappa shape index (κ3) is 8.01. The van der Waals surface area contributed by atoms with E-state index in [1.54, 1.807) is 81.7 Å². The third-order valence-electron chi connectivity index (χ3n) is 9.63. The van der Waals surface area contributed by atoms with Gasteiger partial charge in [-0.1, -0.05) is 107 Å². The van der Waals surface area contributed by atoms with Crippen LogP contribution < -0.4 is 16.1 Å². The Morgan fingerprint density at radius 2 is 1.12 bits per heavy atom. The highest BCUT2D eigenvalue weighted by Gasteiger charge is 2.47. The number of carbonyl (C=O) groups excluding carboxylic acids is 3. The standard InChI is InChI=1S/C24H17ClN2O3.C23H14Cl2N2O2/c1-15-8-13-20(28)21-22(15)26(2)24(30)27(23(21)29)19-12-11-17(14-18(19)25)10-9-16-6-4-3-5-7-16;1-26-21-17(8-5-9-18(21)24)22(28)27(23(26)29)20-13-12-16(14-19(20)25)11-10-15-6-3-2-4-7-15/h3-8,11-14,21H,1-2H3;2-9,12-14H,1H3. The van der Waals surface area contributed by atoms with Crippen LogP contribution in [0.25, 0.3) is 16.6 Å². The number of fused-ring (bicyclic) bond motifs is 2. The fourth-order valence-electron chi connectivity index (χ4n) is 6.70. The number of hydrogen-bond donors (Lipinski definition) is 0. The summed E-state index contributed by atoms with van der Waals surface area (Å²) in [6.45, 7) is 1.77. The van der Waals surface area contributed by atoms with Gasteiger partial charge in [-0.2, -0.15) is 0 Å². The molecular weight excluding hydrogens is 807 g/mol. The number of allylic oxidation sites excluding steroid dienone is 3. The van der Waals surface area contributed by atoms with Crippen molar-refractivity contribution >= 4 is 69.1 Å². The molecule has 0 radical (unpaired) electrons. The number of para-hydroxylation sites is 1. The molecule has 1 unspecified atom stereocenters. The van der Waals surface area contributed by atoms with Crippen molar-refractivity contribution in [3.05, 3.63) is 197 Å². The monoisotopic (exact) mass is 836 g/mol. The zero-order chi connectivity index (χ0) is 42.0. The van der Waals surface area contributed by atoms with Crippen molar-refractivity contribution in [3.63, 3.8) is 0 Å². The van der Waals surface area contributed by atoms with Crippen molar-refractivity contribution in [1.82, 2.24) is 14.0 Å². The van der Waals surface area contributed by atoms with E-state index in [0.29, 0.717) is 44.0 Å². The summed E-state index contributed by atoms with van der Waals surface area (Å²) in [5.41, 5.74) is 4.09. The molecule has 0 N–H and O–H groups in total. The molecule has 1 aromatic heterocycles. The van der Waals surface area contributed by atoms with Crippen LogP contribution in [0.3, 0.4) is 0 Å². The molecule has 1 aliphatic carbocycles. The second-order valence-corrected chi connectivity index (χ2v) is 14.7. The maximum atomic E-state index is 13.1. The number of anilines is 1. The molecule has 1 atom stereocenters. The average Bonchev–Trinajstić information content (AvgIpc) is 3.23. The second-order valence-electron chi connectivity index (χ2n) is 13.4. The quantitative estimate of drug-likeness (QED) is 0.129. The van der Waals surface area contributed by atoms with Crippen LogP contribution in [0.1, 0.15) is 29.2 Å². The van der Waals surface area contributed by atoms with Gasteiger partial charge in [-0.25, -0.2) is 19.1 Å². The molecule has 1 fully saturated rings. The number of carbonyl (C=O) groups is 3. The number of aromatic nitrogens is 2. The van der Waals surface area contributed by atoms with E-state index in [2.05, 4.69) is 23.7 Å².